The Labute approximate surface area is 132 Å². The Bertz CT molecular complexity index is 553. The largest absolute Gasteiger partial charge is 0.494 e. The summed E-state index contributed by atoms with van der Waals surface area (Å²) in [6.07, 6.45) is 1.94. The highest BCUT2D eigenvalue weighted by Crippen LogP contribution is 2.23. The van der Waals surface area contributed by atoms with Gasteiger partial charge in [-0.1, -0.05) is 42.8 Å². The van der Waals surface area contributed by atoms with Crippen molar-refractivity contribution >= 4 is 11.6 Å². The molecular weight excluding hydrogens is 282 g/mol. The Kier molecular flexibility index (Phi) is 6.09. The Balaban J connectivity index is 2.11. The molecule has 2 nitrogen and oxygen atoms in total. The average molecular weight is 304 g/mol. The first-order valence-electron chi connectivity index (χ1n) is 7.37. The van der Waals surface area contributed by atoms with Crippen molar-refractivity contribution in [2.75, 3.05) is 13.7 Å². The van der Waals surface area contributed by atoms with E-state index in [-0.39, 0.29) is 6.04 Å². The number of hydrogen-bond acceptors (Lipinski definition) is 2. The van der Waals surface area contributed by atoms with Crippen molar-refractivity contribution in [3.63, 3.8) is 0 Å². The number of halogens is 1. The molecule has 0 aliphatic heterocycles. The molecule has 1 N–H and O–H groups in total. The van der Waals surface area contributed by atoms with Crippen LogP contribution in [0.4, 0.5) is 0 Å². The minimum Gasteiger partial charge on any atom is -0.494 e. The lowest BCUT2D eigenvalue weighted by Gasteiger charge is -2.18. The summed E-state index contributed by atoms with van der Waals surface area (Å²) in [5.74, 6) is 0.936. The Morgan fingerprint density at radius 1 is 1.14 bits per heavy atom. The summed E-state index contributed by atoms with van der Waals surface area (Å²) >= 11 is 5.94. The molecule has 112 valence electrons. The summed E-state index contributed by atoms with van der Waals surface area (Å²) in [5.41, 5.74) is 2.50. The predicted octanol–water partition coefficient (Wildman–Crippen LogP) is 4.63. The van der Waals surface area contributed by atoms with Crippen molar-refractivity contribution in [1.82, 2.24) is 5.32 Å². The van der Waals surface area contributed by atoms with Crippen LogP contribution in [0.2, 0.25) is 5.02 Å². The lowest BCUT2D eigenvalue weighted by molar-refractivity contribution is 0.317. The van der Waals surface area contributed by atoms with E-state index in [0.29, 0.717) is 0 Å². The van der Waals surface area contributed by atoms with Crippen molar-refractivity contribution in [3.05, 3.63) is 64.7 Å². The molecule has 0 aliphatic rings. The van der Waals surface area contributed by atoms with E-state index in [1.807, 2.05) is 31.3 Å². The molecule has 0 saturated carbocycles. The van der Waals surface area contributed by atoms with Crippen LogP contribution in [0.25, 0.3) is 0 Å². The first kappa shape index (κ1) is 15.9. The molecule has 2 aromatic carbocycles. The minimum atomic E-state index is 0.261. The van der Waals surface area contributed by atoms with E-state index in [1.165, 1.54) is 11.1 Å². The summed E-state index contributed by atoms with van der Waals surface area (Å²) in [6.45, 7) is 2.87. The lowest BCUT2D eigenvalue weighted by Crippen LogP contribution is -2.18. The molecule has 0 radical (unpaired) electrons. The van der Waals surface area contributed by atoms with E-state index in [4.69, 9.17) is 16.3 Å². The van der Waals surface area contributed by atoms with Gasteiger partial charge in [0.25, 0.3) is 0 Å². The number of likely N-dealkylation sites (N-methyl/N-ethyl adjacent to an activating group) is 1. The molecule has 21 heavy (non-hydrogen) atoms. The number of rotatable bonds is 7. The van der Waals surface area contributed by atoms with E-state index in [2.05, 4.69) is 36.5 Å². The van der Waals surface area contributed by atoms with E-state index in [0.717, 1.165) is 30.2 Å². The van der Waals surface area contributed by atoms with Gasteiger partial charge in [-0.2, -0.15) is 0 Å². The Morgan fingerprint density at radius 3 is 2.57 bits per heavy atom. The molecule has 0 aliphatic carbocycles. The fourth-order valence-electron chi connectivity index (χ4n) is 2.28. The molecule has 1 atom stereocenters. The molecule has 0 bridgehead atoms. The van der Waals surface area contributed by atoms with Crippen molar-refractivity contribution in [1.29, 1.82) is 0 Å². The number of hydrogen-bond donors (Lipinski definition) is 1. The second-order valence-electron chi connectivity index (χ2n) is 5.09. The molecule has 2 rings (SSSR count). The molecule has 0 amide bonds. The summed E-state index contributed by atoms with van der Waals surface area (Å²) in [7, 11) is 1.99. The van der Waals surface area contributed by atoms with Gasteiger partial charge in [-0.15, -0.1) is 0 Å². The fourth-order valence-corrected chi connectivity index (χ4v) is 2.41. The van der Waals surface area contributed by atoms with Crippen LogP contribution < -0.4 is 10.1 Å². The van der Waals surface area contributed by atoms with E-state index in [1.54, 1.807) is 0 Å². The second kappa shape index (κ2) is 8.06. The summed E-state index contributed by atoms with van der Waals surface area (Å²) < 4.78 is 5.71. The highest BCUT2D eigenvalue weighted by molar-refractivity contribution is 6.30. The molecule has 0 saturated heterocycles. The van der Waals surface area contributed by atoms with Gasteiger partial charge in [0.15, 0.2) is 0 Å². The zero-order valence-electron chi connectivity index (χ0n) is 12.6. The number of benzene rings is 2. The van der Waals surface area contributed by atoms with Gasteiger partial charge in [-0.3, -0.25) is 0 Å². The first-order valence-corrected chi connectivity index (χ1v) is 7.75. The number of ether oxygens (including phenoxy) is 1. The Morgan fingerprint density at radius 2 is 1.90 bits per heavy atom. The Hall–Kier alpha value is -1.51. The maximum absolute atomic E-state index is 5.94. The standard InChI is InChI=1S/C18H22ClNO/c1-3-11-21-17-6-4-5-15(13-17)18(20-2)12-14-7-9-16(19)10-8-14/h4-10,13,18,20H,3,11-12H2,1-2H3. The van der Waals surface area contributed by atoms with E-state index < -0.39 is 0 Å². The third-order valence-corrected chi connectivity index (χ3v) is 3.69. The summed E-state index contributed by atoms with van der Waals surface area (Å²) in [6, 6.07) is 16.6. The van der Waals surface area contributed by atoms with Crippen molar-refractivity contribution in [2.45, 2.75) is 25.8 Å². The zero-order chi connectivity index (χ0) is 15.1. The van der Waals surface area contributed by atoms with Crippen molar-refractivity contribution in [3.8, 4) is 5.75 Å². The van der Waals surface area contributed by atoms with Gasteiger partial charge in [-0.05, 0) is 55.3 Å². The van der Waals surface area contributed by atoms with Gasteiger partial charge in [0.2, 0.25) is 0 Å². The van der Waals surface area contributed by atoms with Crippen LogP contribution in [0.15, 0.2) is 48.5 Å². The zero-order valence-corrected chi connectivity index (χ0v) is 13.4. The van der Waals surface area contributed by atoms with Gasteiger partial charge in [0.05, 0.1) is 6.61 Å². The van der Waals surface area contributed by atoms with Crippen LogP contribution in [-0.4, -0.2) is 13.7 Å². The maximum Gasteiger partial charge on any atom is 0.119 e. The van der Waals surface area contributed by atoms with Gasteiger partial charge in [0.1, 0.15) is 5.75 Å². The predicted molar refractivity (Wildman–Crippen MR) is 89.2 cm³/mol. The summed E-state index contributed by atoms with van der Waals surface area (Å²) in [4.78, 5) is 0. The third kappa shape index (κ3) is 4.76. The van der Waals surface area contributed by atoms with E-state index >= 15 is 0 Å². The van der Waals surface area contributed by atoms with Crippen LogP contribution >= 0.6 is 11.6 Å². The molecule has 2 aromatic rings. The molecule has 0 heterocycles. The quantitative estimate of drug-likeness (QED) is 0.805. The van der Waals surface area contributed by atoms with Crippen LogP contribution in [0.5, 0.6) is 5.75 Å². The molecule has 0 fully saturated rings. The molecule has 3 heteroatoms. The fraction of sp³-hybridized carbons (Fsp3) is 0.333. The van der Waals surface area contributed by atoms with Crippen molar-refractivity contribution in [2.24, 2.45) is 0 Å². The molecule has 1 unspecified atom stereocenters. The monoisotopic (exact) mass is 303 g/mol. The topological polar surface area (TPSA) is 21.3 Å². The van der Waals surface area contributed by atoms with E-state index in [9.17, 15) is 0 Å². The van der Waals surface area contributed by atoms with Gasteiger partial charge >= 0.3 is 0 Å². The van der Waals surface area contributed by atoms with Crippen LogP contribution in [0.1, 0.15) is 30.5 Å². The summed E-state index contributed by atoms with van der Waals surface area (Å²) in [5, 5.41) is 4.15. The van der Waals surface area contributed by atoms with Crippen LogP contribution in [-0.2, 0) is 6.42 Å². The molecular formula is C18H22ClNO. The van der Waals surface area contributed by atoms with Crippen LogP contribution in [0, 0.1) is 0 Å². The molecule has 0 spiro atoms. The van der Waals surface area contributed by atoms with Gasteiger partial charge in [-0.25, -0.2) is 0 Å². The molecule has 0 aromatic heterocycles. The smallest absolute Gasteiger partial charge is 0.119 e. The van der Waals surface area contributed by atoms with Crippen molar-refractivity contribution < 1.29 is 4.74 Å². The van der Waals surface area contributed by atoms with Gasteiger partial charge in [0, 0.05) is 11.1 Å². The minimum absolute atomic E-state index is 0.261. The normalized spacial score (nSPS) is 12.1. The lowest BCUT2D eigenvalue weighted by atomic mass is 9.99. The average Bonchev–Trinajstić information content (AvgIpc) is 2.52. The highest BCUT2D eigenvalue weighted by atomic mass is 35.5. The second-order valence-corrected chi connectivity index (χ2v) is 5.53. The highest BCUT2D eigenvalue weighted by Gasteiger charge is 2.11. The van der Waals surface area contributed by atoms with Crippen LogP contribution in [0.3, 0.4) is 0 Å². The van der Waals surface area contributed by atoms with Gasteiger partial charge < -0.3 is 10.1 Å². The number of nitrogens with one attached hydrogen (secondary N) is 1. The maximum atomic E-state index is 5.94. The third-order valence-electron chi connectivity index (χ3n) is 3.43. The first-order chi connectivity index (χ1) is 10.2. The SMILES string of the molecule is CCCOc1cccc(C(Cc2ccc(Cl)cc2)NC)c1.